The van der Waals surface area contributed by atoms with E-state index >= 15 is 0 Å². The maximum Gasteiger partial charge on any atom is 0.416 e. The second-order valence-electron chi connectivity index (χ2n) is 5.90. The summed E-state index contributed by atoms with van der Waals surface area (Å²) in [4.78, 5) is 10.9. The first-order chi connectivity index (χ1) is 13.3. The lowest BCUT2D eigenvalue weighted by Crippen LogP contribution is -2.34. The molecule has 0 heterocycles. The highest BCUT2D eigenvalue weighted by Gasteiger charge is 2.31. The number of carbonyl (C=O) groups is 1. The fraction of sp³-hybridized carbons (Fsp3) is 0.235. The molecule has 0 aliphatic carbocycles. The van der Waals surface area contributed by atoms with E-state index in [1.54, 1.807) is 5.32 Å². The summed E-state index contributed by atoms with van der Waals surface area (Å²) >= 11 is 0. The molecule has 0 unspecified atom stereocenters. The number of benzene rings is 2. The van der Waals surface area contributed by atoms with Gasteiger partial charge >= 0.3 is 12.4 Å². The van der Waals surface area contributed by atoms with Gasteiger partial charge in [-0.25, -0.2) is 8.42 Å². The van der Waals surface area contributed by atoms with Crippen LogP contribution in [0.3, 0.4) is 0 Å². The van der Waals surface area contributed by atoms with Crippen molar-refractivity contribution in [1.82, 2.24) is 5.32 Å². The van der Waals surface area contributed by atoms with Gasteiger partial charge in [-0.05, 0) is 35.9 Å². The zero-order chi connectivity index (χ0) is 21.9. The Balaban J connectivity index is 2.06. The van der Waals surface area contributed by atoms with Crippen LogP contribution in [0.4, 0.5) is 32.0 Å². The first-order valence-corrected chi connectivity index (χ1v) is 9.37. The zero-order valence-corrected chi connectivity index (χ0v) is 15.3. The number of carbonyl (C=O) groups excluding carboxylic acids is 1. The molecule has 1 amide bonds. The number of alkyl halides is 6. The second kappa shape index (κ2) is 8.31. The third kappa shape index (κ3) is 6.97. The molecular formula is C17H14F6N2O3S. The Hall–Kier alpha value is -2.76. The Morgan fingerprint density at radius 3 is 2.10 bits per heavy atom. The van der Waals surface area contributed by atoms with Gasteiger partial charge in [-0.3, -0.25) is 9.52 Å². The van der Waals surface area contributed by atoms with E-state index < -0.39 is 45.3 Å². The van der Waals surface area contributed by atoms with E-state index in [9.17, 15) is 39.6 Å². The summed E-state index contributed by atoms with van der Waals surface area (Å²) in [5, 5.41) is 1.70. The fourth-order valence-corrected chi connectivity index (χ4v) is 3.30. The van der Waals surface area contributed by atoms with E-state index in [1.807, 2.05) is 0 Å². The fourth-order valence-electron chi connectivity index (χ4n) is 2.19. The number of nitrogens with one attached hydrogen (secondary N) is 2. The monoisotopic (exact) mass is 440 g/mol. The van der Waals surface area contributed by atoms with Crippen molar-refractivity contribution >= 4 is 21.6 Å². The first kappa shape index (κ1) is 22.5. The van der Waals surface area contributed by atoms with Crippen LogP contribution < -0.4 is 10.0 Å². The summed E-state index contributed by atoms with van der Waals surface area (Å²) in [5.74, 6) is -0.875. The second-order valence-corrected chi connectivity index (χ2v) is 7.58. The van der Waals surface area contributed by atoms with Crippen LogP contribution in [0.5, 0.6) is 0 Å². The normalized spacial score (nSPS) is 12.5. The van der Waals surface area contributed by atoms with Gasteiger partial charge in [0, 0.05) is 5.69 Å². The molecule has 0 fully saturated rings. The molecule has 2 aromatic carbocycles. The summed E-state index contributed by atoms with van der Waals surface area (Å²) in [5.41, 5.74) is -0.811. The first-order valence-electron chi connectivity index (χ1n) is 7.89. The summed E-state index contributed by atoms with van der Waals surface area (Å²) in [6.07, 6.45) is -9.61. The average Bonchev–Trinajstić information content (AvgIpc) is 2.60. The van der Waals surface area contributed by atoms with Crippen LogP contribution >= 0.6 is 0 Å². The minimum absolute atomic E-state index is 0.00172. The highest BCUT2D eigenvalue weighted by molar-refractivity contribution is 7.92. The van der Waals surface area contributed by atoms with E-state index in [4.69, 9.17) is 0 Å². The van der Waals surface area contributed by atoms with Gasteiger partial charge in [0.1, 0.15) is 6.54 Å². The molecule has 0 atom stereocenters. The van der Waals surface area contributed by atoms with Crippen LogP contribution in [0, 0.1) is 0 Å². The molecule has 2 rings (SSSR count). The molecule has 5 nitrogen and oxygen atoms in total. The van der Waals surface area contributed by atoms with Gasteiger partial charge in [0.25, 0.3) is 10.0 Å². The molecule has 0 saturated heterocycles. The van der Waals surface area contributed by atoms with Crippen molar-refractivity contribution in [2.24, 2.45) is 0 Å². The quantitative estimate of drug-likeness (QED) is 0.673. The van der Waals surface area contributed by atoms with Crippen LogP contribution in [0.2, 0.25) is 0 Å². The topological polar surface area (TPSA) is 75.3 Å². The van der Waals surface area contributed by atoms with Crippen LogP contribution in [0.15, 0.2) is 53.4 Å². The van der Waals surface area contributed by atoms with Crippen LogP contribution in [0.25, 0.3) is 0 Å². The SMILES string of the molecule is O=C(Cc1ccc(NS(=O)(=O)c2cccc(C(F)(F)F)c2)cc1)NCC(F)(F)F. The minimum atomic E-state index is -4.71. The summed E-state index contributed by atoms with van der Waals surface area (Å²) < 4.78 is 101. The lowest BCUT2D eigenvalue weighted by molar-refractivity contribution is -0.138. The molecule has 0 bridgehead atoms. The predicted octanol–water partition coefficient (Wildman–Crippen LogP) is 3.73. The molecule has 0 radical (unpaired) electrons. The van der Waals surface area contributed by atoms with Gasteiger partial charge in [0.05, 0.1) is 16.9 Å². The largest absolute Gasteiger partial charge is 0.416 e. The number of anilines is 1. The van der Waals surface area contributed by atoms with E-state index in [1.165, 1.54) is 24.3 Å². The Bertz CT molecular complexity index is 970. The van der Waals surface area contributed by atoms with Gasteiger partial charge < -0.3 is 5.32 Å². The maximum atomic E-state index is 12.7. The highest BCUT2D eigenvalue weighted by atomic mass is 32.2. The molecule has 0 spiro atoms. The Labute approximate surface area is 161 Å². The van der Waals surface area contributed by atoms with E-state index in [0.29, 0.717) is 11.6 Å². The van der Waals surface area contributed by atoms with Crippen molar-refractivity contribution in [2.75, 3.05) is 11.3 Å². The lowest BCUT2D eigenvalue weighted by atomic mass is 10.1. The number of hydrogen-bond acceptors (Lipinski definition) is 3. The third-order valence-electron chi connectivity index (χ3n) is 3.53. The number of halogens is 6. The Morgan fingerprint density at radius 1 is 0.931 bits per heavy atom. The van der Waals surface area contributed by atoms with Gasteiger partial charge in [0.15, 0.2) is 0 Å². The maximum absolute atomic E-state index is 12.7. The van der Waals surface area contributed by atoms with Crippen molar-refractivity contribution < 1.29 is 39.6 Å². The van der Waals surface area contributed by atoms with Crippen molar-refractivity contribution in [3.63, 3.8) is 0 Å². The smallest absolute Gasteiger partial charge is 0.347 e. The van der Waals surface area contributed by atoms with E-state index in [-0.39, 0.29) is 12.1 Å². The standard InChI is InChI=1S/C17H14F6N2O3S/c18-16(19,20)10-24-15(26)8-11-4-6-13(7-5-11)25-29(27,28)14-3-1-2-12(9-14)17(21,22)23/h1-7,9,25H,8,10H2,(H,24,26). The molecule has 12 heteroatoms. The summed E-state index contributed by atoms with van der Waals surface area (Å²) in [6.45, 7) is -1.47. The summed E-state index contributed by atoms with van der Waals surface area (Å²) in [7, 11) is -4.31. The molecule has 0 aliphatic heterocycles. The minimum Gasteiger partial charge on any atom is -0.347 e. The molecule has 29 heavy (non-hydrogen) atoms. The average molecular weight is 440 g/mol. The molecule has 0 aliphatic rings. The van der Waals surface area contributed by atoms with Gasteiger partial charge in [0.2, 0.25) is 5.91 Å². The van der Waals surface area contributed by atoms with Crippen molar-refractivity contribution in [3.05, 3.63) is 59.7 Å². The molecule has 0 saturated carbocycles. The number of rotatable bonds is 6. The van der Waals surface area contributed by atoms with Crippen molar-refractivity contribution in [2.45, 2.75) is 23.7 Å². The lowest BCUT2D eigenvalue weighted by Gasteiger charge is -2.12. The number of hydrogen-bond donors (Lipinski definition) is 2. The van der Waals surface area contributed by atoms with Crippen LogP contribution in [0.1, 0.15) is 11.1 Å². The molecular weight excluding hydrogens is 426 g/mol. The number of sulfonamides is 1. The molecule has 2 aromatic rings. The van der Waals surface area contributed by atoms with Gasteiger partial charge in [-0.1, -0.05) is 18.2 Å². The van der Waals surface area contributed by atoms with E-state index in [0.717, 1.165) is 18.2 Å². The number of amides is 1. The van der Waals surface area contributed by atoms with Crippen molar-refractivity contribution in [1.29, 1.82) is 0 Å². The van der Waals surface area contributed by atoms with Crippen molar-refractivity contribution in [3.8, 4) is 0 Å². The highest BCUT2D eigenvalue weighted by Crippen LogP contribution is 2.30. The zero-order valence-electron chi connectivity index (χ0n) is 14.4. The van der Waals surface area contributed by atoms with Gasteiger partial charge in [-0.15, -0.1) is 0 Å². The van der Waals surface area contributed by atoms with Crippen LogP contribution in [-0.4, -0.2) is 27.0 Å². The van der Waals surface area contributed by atoms with E-state index in [2.05, 4.69) is 4.72 Å². The van der Waals surface area contributed by atoms with Crippen LogP contribution in [-0.2, 0) is 27.4 Å². The molecule has 158 valence electrons. The predicted molar refractivity (Wildman–Crippen MR) is 91.5 cm³/mol. The molecule has 2 N–H and O–H groups in total. The Kier molecular flexibility index (Phi) is 6.46. The molecule has 0 aromatic heterocycles. The third-order valence-corrected chi connectivity index (χ3v) is 4.91. The summed E-state index contributed by atoms with van der Waals surface area (Å²) in [6, 6.07) is 8.25. The van der Waals surface area contributed by atoms with Gasteiger partial charge in [-0.2, -0.15) is 26.3 Å². The Morgan fingerprint density at radius 2 is 1.55 bits per heavy atom.